The molecule has 0 unspecified atom stereocenters. The highest BCUT2D eigenvalue weighted by Gasteiger charge is 2.32. The van der Waals surface area contributed by atoms with Gasteiger partial charge < -0.3 is 14.8 Å². The number of methoxy groups -OCH3 is 1. The summed E-state index contributed by atoms with van der Waals surface area (Å²) >= 11 is 2.64. The first-order chi connectivity index (χ1) is 18.3. The molecule has 2 aromatic rings. The maximum absolute atomic E-state index is 13.1. The summed E-state index contributed by atoms with van der Waals surface area (Å²) in [5, 5.41) is 8.06. The monoisotopic (exact) mass is 559 g/mol. The molecule has 10 nitrogen and oxygen atoms in total. The van der Waals surface area contributed by atoms with E-state index in [-0.39, 0.29) is 23.7 Å². The summed E-state index contributed by atoms with van der Waals surface area (Å²) < 4.78 is 12.3. The lowest BCUT2D eigenvalue weighted by Crippen LogP contribution is -2.32. The molecule has 1 aliphatic carbocycles. The number of hydrogen-bond acceptors (Lipinski definition) is 9. The lowest BCUT2D eigenvalue weighted by Gasteiger charge is -2.17. The van der Waals surface area contributed by atoms with E-state index >= 15 is 0 Å². The molecule has 3 heterocycles. The third kappa shape index (κ3) is 6.72. The van der Waals surface area contributed by atoms with Crippen LogP contribution in [0.4, 0.5) is 5.00 Å². The van der Waals surface area contributed by atoms with Gasteiger partial charge in [0.05, 0.1) is 23.6 Å². The average molecular weight is 560 g/mol. The van der Waals surface area contributed by atoms with Crippen LogP contribution >= 0.6 is 23.1 Å². The minimum atomic E-state index is -0.400. The predicted octanol–water partition coefficient (Wildman–Crippen LogP) is 3.87. The zero-order valence-electron chi connectivity index (χ0n) is 22.1. The molecule has 0 spiro atoms. The van der Waals surface area contributed by atoms with Gasteiger partial charge in [0.15, 0.2) is 5.17 Å². The highest BCUT2D eigenvalue weighted by atomic mass is 32.2. The number of aliphatic imine (C=N–C) groups is 1. The van der Waals surface area contributed by atoms with Crippen molar-refractivity contribution in [2.45, 2.75) is 52.1 Å². The SMILES string of the molecule is COCCCN1C(=O)C(=Cc2cnn(C)c2)N=C1SCC(=O)Nc1sc2c(c1C(=O)OC(C)C)CCCC2. The number of rotatable bonds is 10. The maximum Gasteiger partial charge on any atom is 0.341 e. The number of amidine groups is 1. The van der Waals surface area contributed by atoms with Crippen LogP contribution in [-0.2, 0) is 39.0 Å². The van der Waals surface area contributed by atoms with E-state index in [1.165, 1.54) is 23.1 Å². The number of ether oxygens (including phenoxy) is 2. The minimum Gasteiger partial charge on any atom is -0.459 e. The normalized spacial score (nSPS) is 16.2. The second-order valence-electron chi connectivity index (χ2n) is 9.38. The van der Waals surface area contributed by atoms with Crippen molar-refractivity contribution in [3.05, 3.63) is 39.7 Å². The van der Waals surface area contributed by atoms with Crippen molar-refractivity contribution >= 4 is 57.1 Å². The summed E-state index contributed by atoms with van der Waals surface area (Å²) in [4.78, 5) is 46.2. The van der Waals surface area contributed by atoms with Gasteiger partial charge in [0, 0.05) is 43.9 Å². The number of anilines is 1. The number of nitrogens with zero attached hydrogens (tertiary/aromatic N) is 4. The molecular weight excluding hydrogens is 526 g/mol. The molecule has 0 aromatic carbocycles. The summed E-state index contributed by atoms with van der Waals surface area (Å²) in [6.45, 7) is 4.55. The molecule has 0 atom stereocenters. The summed E-state index contributed by atoms with van der Waals surface area (Å²) in [6.07, 6.45) is 9.31. The number of nitrogens with one attached hydrogen (secondary N) is 1. The van der Waals surface area contributed by atoms with Crippen LogP contribution in [0.1, 0.15) is 59.5 Å². The van der Waals surface area contributed by atoms with Crippen molar-refractivity contribution in [1.82, 2.24) is 14.7 Å². The highest BCUT2D eigenvalue weighted by Crippen LogP contribution is 2.39. The lowest BCUT2D eigenvalue weighted by atomic mass is 9.95. The number of carbonyl (C=O) groups excluding carboxylic acids is 3. The van der Waals surface area contributed by atoms with Crippen LogP contribution in [0.3, 0.4) is 0 Å². The lowest BCUT2D eigenvalue weighted by molar-refractivity contribution is -0.122. The molecule has 1 N–H and O–H groups in total. The third-order valence-corrected chi connectivity index (χ3v) is 8.16. The molecule has 1 aliphatic heterocycles. The van der Waals surface area contributed by atoms with Crippen molar-refractivity contribution in [1.29, 1.82) is 0 Å². The number of aromatic nitrogens is 2. The Hall–Kier alpha value is -2.96. The van der Waals surface area contributed by atoms with Crippen molar-refractivity contribution < 1.29 is 23.9 Å². The van der Waals surface area contributed by atoms with Crippen molar-refractivity contribution in [3.63, 3.8) is 0 Å². The van der Waals surface area contributed by atoms with Gasteiger partial charge in [-0.3, -0.25) is 19.2 Å². The fourth-order valence-electron chi connectivity index (χ4n) is 4.31. The van der Waals surface area contributed by atoms with Gasteiger partial charge in [-0.2, -0.15) is 5.10 Å². The van der Waals surface area contributed by atoms with Gasteiger partial charge >= 0.3 is 5.97 Å². The highest BCUT2D eigenvalue weighted by molar-refractivity contribution is 8.14. The fourth-order valence-corrected chi connectivity index (χ4v) is 6.43. The Labute approximate surface area is 230 Å². The molecule has 204 valence electrons. The van der Waals surface area contributed by atoms with E-state index in [1.54, 1.807) is 42.2 Å². The third-order valence-electron chi connectivity index (χ3n) is 5.97. The van der Waals surface area contributed by atoms with Crippen LogP contribution < -0.4 is 5.32 Å². The van der Waals surface area contributed by atoms with Gasteiger partial charge in [-0.05, 0) is 57.6 Å². The number of fused-ring (bicyclic) bond motifs is 1. The Balaban J connectivity index is 1.48. The van der Waals surface area contributed by atoms with Gasteiger partial charge in [-0.1, -0.05) is 11.8 Å². The van der Waals surface area contributed by atoms with Gasteiger partial charge in [0.2, 0.25) is 5.91 Å². The smallest absolute Gasteiger partial charge is 0.341 e. The van der Waals surface area contributed by atoms with E-state index in [9.17, 15) is 14.4 Å². The molecule has 4 rings (SSSR count). The molecule has 2 aliphatic rings. The zero-order chi connectivity index (χ0) is 27.2. The first kappa shape index (κ1) is 28.1. The number of hydrogen-bond donors (Lipinski definition) is 1. The van der Waals surface area contributed by atoms with Crippen molar-refractivity contribution in [2.24, 2.45) is 12.0 Å². The quantitative estimate of drug-likeness (QED) is 0.267. The van der Waals surface area contributed by atoms with E-state index in [1.807, 2.05) is 13.8 Å². The molecule has 0 saturated heterocycles. The minimum absolute atomic E-state index is 0.0360. The zero-order valence-corrected chi connectivity index (χ0v) is 23.7. The standard InChI is InChI=1S/C26H33N5O5S2/c1-16(2)36-25(34)22-18-8-5-6-9-20(18)38-23(22)29-21(32)15-37-26-28-19(12-17-13-27-30(3)14-17)24(33)31(26)10-7-11-35-4/h12-14,16H,5-11,15H2,1-4H3,(H,29,32). The van der Waals surface area contributed by atoms with E-state index in [2.05, 4.69) is 15.4 Å². The molecule has 0 fully saturated rings. The van der Waals surface area contributed by atoms with Crippen molar-refractivity contribution in [2.75, 3.05) is 31.3 Å². The fraction of sp³-hybridized carbons (Fsp3) is 0.500. The van der Waals surface area contributed by atoms with E-state index < -0.39 is 5.97 Å². The second kappa shape index (κ2) is 12.7. The molecule has 0 radical (unpaired) electrons. The van der Waals surface area contributed by atoms with Gasteiger partial charge in [-0.25, -0.2) is 9.79 Å². The maximum atomic E-state index is 13.1. The Morgan fingerprint density at radius 2 is 2.08 bits per heavy atom. The summed E-state index contributed by atoms with van der Waals surface area (Å²) in [7, 11) is 3.41. The first-order valence-corrected chi connectivity index (χ1v) is 14.4. The molecule has 12 heteroatoms. The molecule has 0 bridgehead atoms. The predicted molar refractivity (Wildman–Crippen MR) is 149 cm³/mol. The molecule has 2 amide bonds. The van der Waals surface area contributed by atoms with Crippen LogP contribution in [0, 0.1) is 0 Å². The average Bonchev–Trinajstić information content (AvgIpc) is 3.53. The first-order valence-electron chi connectivity index (χ1n) is 12.6. The number of carbonyl (C=O) groups is 3. The number of thioether (sulfide) groups is 1. The second-order valence-corrected chi connectivity index (χ2v) is 11.4. The molecule has 2 aromatic heterocycles. The number of aryl methyl sites for hydroxylation is 2. The summed E-state index contributed by atoms with van der Waals surface area (Å²) in [6, 6.07) is 0. The van der Waals surface area contributed by atoms with Crippen LogP contribution in [0.5, 0.6) is 0 Å². The van der Waals surface area contributed by atoms with E-state index in [4.69, 9.17) is 9.47 Å². The van der Waals surface area contributed by atoms with Crippen LogP contribution in [0.25, 0.3) is 6.08 Å². The topological polar surface area (TPSA) is 115 Å². The van der Waals surface area contributed by atoms with E-state index in [0.717, 1.165) is 41.7 Å². The van der Waals surface area contributed by atoms with Crippen LogP contribution in [0.2, 0.25) is 0 Å². The van der Waals surface area contributed by atoms with E-state index in [0.29, 0.717) is 41.0 Å². The molecule has 38 heavy (non-hydrogen) atoms. The Morgan fingerprint density at radius 1 is 1.29 bits per heavy atom. The van der Waals surface area contributed by atoms with Gasteiger partial charge in [-0.15, -0.1) is 11.3 Å². The van der Waals surface area contributed by atoms with Crippen LogP contribution in [-0.4, -0.2) is 69.7 Å². The summed E-state index contributed by atoms with van der Waals surface area (Å²) in [5.41, 5.74) is 2.54. The number of thiophene rings is 1. The summed E-state index contributed by atoms with van der Waals surface area (Å²) in [5.74, 6) is -0.863. The molecule has 0 saturated carbocycles. The number of amides is 2. The Morgan fingerprint density at radius 3 is 2.79 bits per heavy atom. The van der Waals surface area contributed by atoms with Crippen molar-refractivity contribution in [3.8, 4) is 0 Å². The largest absolute Gasteiger partial charge is 0.459 e. The Bertz CT molecular complexity index is 1260. The number of esters is 1. The van der Waals surface area contributed by atoms with Gasteiger partial charge in [0.25, 0.3) is 5.91 Å². The Kier molecular flexibility index (Phi) is 9.40. The van der Waals surface area contributed by atoms with Crippen LogP contribution in [0.15, 0.2) is 23.1 Å². The van der Waals surface area contributed by atoms with Gasteiger partial charge in [0.1, 0.15) is 10.7 Å². The molecular formula is C26H33N5O5S2.